The van der Waals surface area contributed by atoms with Crippen molar-refractivity contribution in [1.29, 1.82) is 0 Å². The van der Waals surface area contributed by atoms with E-state index in [1.54, 1.807) is 4.72 Å². The highest BCUT2D eigenvalue weighted by atomic mass is 32.2. The number of hydrogen-bond acceptors (Lipinski definition) is 9. The number of nitrogens with zero attached hydrogens (tertiary/aromatic N) is 3. The van der Waals surface area contributed by atoms with E-state index in [1.165, 1.54) is 39.3 Å². The number of halogens is 1. The van der Waals surface area contributed by atoms with Crippen LogP contribution in [0, 0.1) is 0 Å². The van der Waals surface area contributed by atoms with E-state index in [-0.39, 0.29) is 29.7 Å². The maximum absolute atomic E-state index is 13.9. The molecule has 3 N–H and O–H groups in total. The van der Waals surface area contributed by atoms with E-state index in [1.807, 2.05) is 0 Å². The number of nitrogens with one attached hydrogen (secondary N) is 2. The van der Waals surface area contributed by atoms with E-state index >= 15 is 0 Å². The molecule has 2 atom stereocenters. The third-order valence-electron chi connectivity index (χ3n) is 3.66. The number of sulfonamides is 1. The SMILES string of the molecule is CCC(F)C(O)c1cccnc1S(=O)(=O)NC(=O)Nc1nc(OC)cc(OC)n1. The zero-order chi connectivity index (χ0) is 21.6. The van der Waals surface area contributed by atoms with E-state index in [0.717, 1.165) is 6.20 Å². The van der Waals surface area contributed by atoms with Gasteiger partial charge >= 0.3 is 6.03 Å². The first-order valence-corrected chi connectivity index (χ1v) is 9.78. The third kappa shape index (κ3) is 5.48. The lowest BCUT2D eigenvalue weighted by Crippen LogP contribution is -2.36. The summed E-state index contributed by atoms with van der Waals surface area (Å²) in [6.45, 7) is 1.49. The minimum Gasteiger partial charge on any atom is -0.481 e. The molecular formula is C16H20FN5O6S. The van der Waals surface area contributed by atoms with Crippen molar-refractivity contribution in [2.45, 2.75) is 30.6 Å². The van der Waals surface area contributed by atoms with Crippen LogP contribution in [0.4, 0.5) is 15.1 Å². The predicted octanol–water partition coefficient (Wildman–Crippen LogP) is 1.18. The minimum absolute atomic E-state index is 0.0432. The van der Waals surface area contributed by atoms with E-state index in [2.05, 4.69) is 20.3 Å². The molecule has 0 aromatic carbocycles. The number of ether oxygens (including phenoxy) is 2. The number of hydrogen-bond donors (Lipinski definition) is 3. The first-order valence-electron chi connectivity index (χ1n) is 8.29. The van der Waals surface area contributed by atoms with Gasteiger partial charge in [0.2, 0.25) is 17.7 Å². The summed E-state index contributed by atoms with van der Waals surface area (Å²) in [5.74, 6) is -0.151. The molecule has 2 aromatic rings. The Morgan fingerprint density at radius 3 is 2.45 bits per heavy atom. The lowest BCUT2D eigenvalue weighted by atomic mass is 10.1. The van der Waals surface area contributed by atoms with Crippen LogP contribution in [0.25, 0.3) is 0 Å². The molecule has 29 heavy (non-hydrogen) atoms. The number of carbonyl (C=O) groups is 1. The standard InChI is InChI=1S/C16H20FN5O6S/c1-4-10(17)13(23)9-6-5-7-18-14(9)29(25,26)22-16(24)21-15-19-11(27-2)8-12(20-15)28-3/h5-8,10,13,23H,4H2,1-3H3,(H2,19,20,21,22,24). The van der Waals surface area contributed by atoms with Crippen molar-refractivity contribution in [2.24, 2.45) is 0 Å². The first kappa shape index (κ1) is 22.2. The quantitative estimate of drug-likeness (QED) is 0.561. The molecule has 0 aliphatic carbocycles. The highest BCUT2D eigenvalue weighted by molar-refractivity contribution is 7.90. The molecule has 2 heterocycles. The maximum atomic E-state index is 13.9. The van der Waals surface area contributed by atoms with E-state index in [4.69, 9.17) is 9.47 Å². The van der Waals surface area contributed by atoms with Gasteiger partial charge in [0.1, 0.15) is 12.3 Å². The van der Waals surface area contributed by atoms with Crippen molar-refractivity contribution in [1.82, 2.24) is 19.7 Å². The Labute approximate surface area is 166 Å². The van der Waals surface area contributed by atoms with Crippen molar-refractivity contribution in [3.63, 3.8) is 0 Å². The number of aliphatic hydroxyl groups excluding tert-OH is 1. The Kier molecular flexibility index (Phi) is 7.23. The van der Waals surface area contributed by atoms with Gasteiger partial charge in [-0.05, 0) is 12.5 Å². The fourth-order valence-corrected chi connectivity index (χ4v) is 3.33. The molecule has 2 rings (SSSR count). The molecule has 0 radical (unpaired) electrons. The van der Waals surface area contributed by atoms with Crippen LogP contribution in [-0.4, -0.2) is 54.9 Å². The second kappa shape index (κ2) is 9.43. The third-order valence-corrected chi connectivity index (χ3v) is 4.96. The smallest absolute Gasteiger partial charge is 0.335 e. The lowest BCUT2D eigenvalue weighted by molar-refractivity contribution is 0.0726. The largest absolute Gasteiger partial charge is 0.481 e. The zero-order valence-electron chi connectivity index (χ0n) is 15.8. The van der Waals surface area contributed by atoms with Crippen molar-refractivity contribution in [3.8, 4) is 11.8 Å². The predicted molar refractivity (Wildman–Crippen MR) is 98.9 cm³/mol. The average molecular weight is 429 g/mol. The van der Waals surface area contributed by atoms with Crippen LogP contribution in [0.3, 0.4) is 0 Å². The molecule has 11 nitrogen and oxygen atoms in total. The number of urea groups is 1. The Balaban J connectivity index is 2.25. The van der Waals surface area contributed by atoms with Crippen LogP contribution < -0.4 is 19.5 Å². The summed E-state index contributed by atoms with van der Waals surface area (Å²) >= 11 is 0. The van der Waals surface area contributed by atoms with E-state index < -0.39 is 33.4 Å². The van der Waals surface area contributed by atoms with Crippen molar-refractivity contribution < 1.29 is 32.2 Å². The van der Waals surface area contributed by atoms with Gasteiger partial charge < -0.3 is 14.6 Å². The highest BCUT2D eigenvalue weighted by Crippen LogP contribution is 2.26. The van der Waals surface area contributed by atoms with Gasteiger partial charge in [-0.2, -0.15) is 18.4 Å². The normalized spacial score (nSPS) is 13.3. The van der Waals surface area contributed by atoms with Gasteiger partial charge in [0, 0.05) is 11.8 Å². The lowest BCUT2D eigenvalue weighted by Gasteiger charge is -2.17. The highest BCUT2D eigenvalue weighted by Gasteiger charge is 2.29. The molecule has 0 spiro atoms. The number of rotatable bonds is 8. The summed E-state index contributed by atoms with van der Waals surface area (Å²) in [5.41, 5.74) is -0.276. The fraction of sp³-hybridized carbons (Fsp3) is 0.375. The van der Waals surface area contributed by atoms with E-state index in [0.29, 0.717) is 0 Å². The molecule has 2 aromatic heterocycles. The van der Waals surface area contributed by atoms with Crippen LogP contribution in [0.2, 0.25) is 0 Å². The number of anilines is 1. The van der Waals surface area contributed by atoms with Gasteiger partial charge in [-0.25, -0.2) is 18.9 Å². The second-order valence-corrected chi connectivity index (χ2v) is 7.20. The fourth-order valence-electron chi connectivity index (χ4n) is 2.24. The molecule has 0 fully saturated rings. The second-order valence-electron chi connectivity index (χ2n) is 5.60. The Hall–Kier alpha value is -3.06. The van der Waals surface area contributed by atoms with Crippen LogP contribution in [-0.2, 0) is 10.0 Å². The molecule has 0 bridgehead atoms. The Morgan fingerprint density at radius 2 is 1.90 bits per heavy atom. The molecule has 158 valence electrons. The average Bonchev–Trinajstić information content (AvgIpc) is 2.71. The van der Waals surface area contributed by atoms with Crippen molar-refractivity contribution >= 4 is 22.0 Å². The topological polar surface area (TPSA) is 153 Å². The van der Waals surface area contributed by atoms with Gasteiger partial charge in [-0.3, -0.25) is 5.32 Å². The monoisotopic (exact) mass is 429 g/mol. The minimum atomic E-state index is -4.55. The maximum Gasteiger partial charge on any atom is 0.335 e. The molecule has 0 saturated carbocycles. The molecule has 13 heteroatoms. The van der Waals surface area contributed by atoms with Crippen molar-refractivity contribution in [2.75, 3.05) is 19.5 Å². The zero-order valence-corrected chi connectivity index (χ0v) is 16.6. The van der Waals surface area contributed by atoms with Crippen LogP contribution in [0.5, 0.6) is 11.8 Å². The number of amides is 2. The van der Waals surface area contributed by atoms with Crippen LogP contribution in [0.1, 0.15) is 25.0 Å². The van der Waals surface area contributed by atoms with E-state index in [9.17, 15) is 22.7 Å². The molecule has 0 aliphatic heterocycles. The van der Waals surface area contributed by atoms with Crippen LogP contribution >= 0.6 is 0 Å². The number of pyridine rings is 1. The van der Waals surface area contributed by atoms with Gasteiger partial charge in [-0.15, -0.1) is 0 Å². The molecular weight excluding hydrogens is 409 g/mol. The number of alkyl halides is 1. The number of methoxy groups -OCH3 is 2. The first-order chi connectivity index (χ1) is 13.7. The number of aromatic nitrogens is 3. The van der Waals surface area contributed by atoms with Gasteiger partial charge in [0.15, 0.2) is 5.03 Å². The molecule has 2 amide bonds. The summed E-state index contributed by atoms with van der Waals surface area (Å²) in [7, 11) is -1.88. The Bertz CT molecular complexity index is 952. The summed E-state index contributed by atoms with van der Waals surface area (Å²) in [6, 6.07) is 2.69. The molecule has 0 aliphatic rings. The summed E-state index contributed by atoms with van der Waals surface area (Å²) in [6.07, 6.45) is -2.34. The van der Waals surface area contributed by atoms with Crippen molar-refractivity contribution in [3.05, 3.63) is 30.0 Å². The van der Waals surface area contributed by atoms with Gasteiger partial charge in [-0.1, -0.05) is 13.0 Å². The molecule has 2 unspecified atom stereocenters. The number of carbonyl (C=O) groups excluding carboxylic acids is 1. The van der Waals surface area contributed by atoms with Gasteiger partial charge in [0.25, 0.3) is 10.0 Å². The van der Waals surface area contributed by atoms with Crippen LogP contribution in [0.15, 0.2) is 29.4 Å². The summed E-state index contributed by atoms with van der Waals surface area (Å²) < 4.78 is 50.5. The summed E-state index contributed by atoms with van der Waals surface area (Å²) in [5, 5.41) is 11.5. The molecule has 0 saturated heterocycles. The number of aliphatic hydroxyl groups is 1. The summed E-state index contributed by atoms with van der Waals surface area (Å²) in [4.78, 5) is 23.5. The van der Waals surface area contributed by atoms with Gasteiger partial charge in [0.05, 0.1) is 20.3 Å². The Morgan fingerprint density at radius 1 is 1.28 bits per heavy atom.